The van der Waals surface area contributed by atoms with Crippen LogP contribution >= 0.6 is 11.6 Å². The van der Waals surface area contributed by atoms with Crippen LogP contribution in [0.2, 0.25) is 5.02 Å². The summed E-state index contributed by atoms with van der Waals surface area (Å²) in [6.07, 6.45) is 3.18. The zero-order chi connectivity index (χ0) is 18.4. The number of nitrogens with one attached hydrogen (secondary N) is 2. The van der Waals surface area contributed by atoms with Gasteiger partial charge in [0.1, 0.15) is 5.82 Å². The van der Waals surface area contributed by atoms with Gasteiger partial charge in [-0.15, -0.1) is 0 Å². The van der Waals surface area contributed by atoms with E-state index < -0.39 is 0 Å². The van der Waals surface area contributed by atoms with Crippen LogP contribution in [0.1, 0.15) is 19.8 Å². The minimum absolute atomic E-state index is 0.234. The predicted octanol–water partition coefficient (Wildman–Crippen LogP) is 3.91. The third kappa shape index (κ3) is 4.98. The summed E-state index contributed by atoms with van der Waals surface area (Å²) in [5.74, 6) is 1.27. The predicted molar refractivity (Wildman–Crippen MR) is 102 cm³/mol. The maximum atomic E-state index is 11.7. The summed E-state index contributed by atoms with van der Waals surface area (Å²) in [6, 6.07) is 9.46. The first-order chi connectivity index (χ1) is 12.6. The molecule has 3 rings (SSSR count). The van der Waals surface area contributed by atoms with E-state index >= 15 is 0 Å². The Balaban J connectivity index is 1.54. The molecular formula is C18H22ClN5O2. The molecule has 2 N–H and O–H groups in total. The second-order valence-electron chi connectivity index (χ2n) is 6.00. The molecule has 0 atom stereocenters. The molecule has 138 valence electrons. The van der Waals surface area contributed by atoms with Gasteiger partial charge in [-0.25, -0.2) is 9.78 Å². The number of halogens is 1. The fraction of sp³-hybridized carbons (Fsp3) is 0.389. The average molecular weight is 376 g/mol. The van der Waals surface area contributed by atoms with Crippen molar-refractivity contribution < 1.29 is 9.53 Å². The van der Waals surface area contributed by atoms with Crippen LogP contribution in [0.4, 0.5) is 22.2 Å². The second kappa shape index (κ2) is 8.71. The minimum atomic E-state index is -0.234. The molecule has 1 aliphatic heterocycles. The summed E-state index contributed by atoms with van der Waals surface area (Å²) in [4.78, 5) is 22.2. The van der Waals surface area contributed by atoms with Gasteiger partial charge in [0.05, 0.1) is 6.61 Å². The van der Waals surface area contributed by atoms with Gasteiger partial charge in [-0.1, -0.05) is 11.6 Å². The Morgan fingerprint density at radius 2 is 2.00 bits per heavy atom. The third-order valence-electron chi connectivity index (χ3n) is 4.13. The number of amides is 1. The van der Waals surface area contributed by atoms with Crippen LogP contribution in [0.5, 0.6) is 0 Å². The van der Waals surface area contributed by atoms with Gasteiger partial charge < -0.3 is 20.3 Å². The molecule has 8 heteroatoms. The zero-order valence-corrected chi connectivity index (χ0v) is 15.4. The standard InChI is InChI=1S/C18H22ClN5O2/c1-2-26-18(25)24-11-8-15(9-12-24)21-16-7-10-20-17(23-16)22-14-5-3-13(19)4-6-14/h3-7,10,15H,2,8-9,11-12H2,1H3,(H2,20,21,22,23). The molecule has 0 spiro atoms. The minimum Gasteiger partial charge on any atom is -0.450 e. The van der Waals surface area contributed by atoms with Gasteiger partial charge >= 0.3 is 6.09 Å². The van der Waals surface area contributed by atoms with E-state index in [2.05, 4.69) is 20.6 Å². The van der Waals surface area contributed by atoms with E-state index in [1.165, 1.54) is 0 Å². The number of ether oxygens (including phenoxy) is 1. The first-order valence-corrected chi connectivity index (χ1v) is 9.05. The van der Waals surface area contributed by atoms with E-state index in [1.54, 1.807) is 11.1 Å². The highest BCUT2D eigenvalue weighted by molar-refractivity contribution is 6.30. The number of hydrogen-bond donors (Lipinski definition) is 2. The van der Waals surface area contributed by atoms with Crippen LogP contribution in [0.3, 0.4) is 0 Å². The fourth-order valence-corrected chi connectivity index (χ4v) is 2.92. The van der Waals surface area contributed by atoms with Crippen molar-refractivity contribution in [2.45, 2.75) is 25.8 Å². The summed E-state index contributed by atoms with van der Waals surface area (Å²) in [5.41, 5.74) is 0.870. The molecule has 0 aliphatic carbocycles. The number of benzene rings is 1. The van der Waals surface area contributed by atoms with Crippen molar-refractivity contribution in [2.75, 3.05) is 30.3 Å². The van der Waals surface area contributed by atoms with E-state index in [-0.39, 0.29) is 12.1 Å². The number of piperidine rings is 1. The molecule has 0 radical (unpaired) electrons. The first kappa shape index (κ1) is 18.3. The van der Waals surface area contributed by atoms with Crippen molar-refractivity contribution in [2.24, 2.45) is 0 Å². The molecule has 0 saturated carbocycles. The topological polar surface area (TPSA) is 79.4 Å². The quantitative estimate of drug-likeness (QED) is 0.824. The summed E-state index contributed by atoms with van der Waals surface area (Å²) < 4.78 is 5.04. The number of nitrogens with zero attached hydrogens (tertiary/aromatic N) is 3. The monoisotopic (exact) mass is 375 g/mol. The van der Waals surface area contributed by atoms with Crippen molar-refractivity contribution in [1.29, 1.82) is 0 Å². The maximum absolute atomic E-state index is 11.7. The normalized spacial score (nSPS) is 14.8. The van der Waals surface area contributed by atoms with Gasteiger partial charge in [0, 0.05) is 36.0 Å². The number of hydrogen-bond acceptors (Lipinski definition) is 6. The van der Waals surface area contributed by atoms with Crippen LogP contribution in [0.25, 0.3) is 0 Å². The van der Waals surface area contributed by atoms with Crippen molar-refractivity contribution in [3.05, 3.63) is 41.6 Å². The van der Waals surface area contributed by atoms with E-state index in [9.17, 15) is 4.79 Å². The number of anilines is 3. The largest absolute Gasteiger partial charge is 0.450 e. The Kier molecular flexibility index (Phi) is 6.12. The van der Waals surface area contributed by atoms with Crippen LogP contribution < -0.4 is 10.6 Å². The molecule has 1 amide bonds. The second-order valence-corrected chi connectivity index (χ2v) is 6.44. The smallest absolute Gasteiger partial charge is 0.409 e. The molecular weight excluding hydrogens is 354 g/mol. The first-order valence-electron chi connectivity index (χ1n) is 8.68. The van der Waals surface area contributed by atoms with E-state index in [0.717, 1.165) is 24.3 Å². The van der Waals surface area contributed by atoms with E-state index in [0.29, 0.717) is 30.7 Å². The molecule has 1 saturated heterocycles. The molecule has 1 aliphatic rings. The van der Waals surface area contributed by atoms with Gasteiger partial charge in [-0.05, 0) is 50.1 Å². The number of rotatable bonds is 5. The molecule has 1 aromatic carbocycles. The van der Waals surface area contributed by atoms with Crippen LogP contribution in [0, 0.1) is 0 Å². The van der Waals surface area contributed by atoms with Crippen molar-refractivity contribution >= 4 is 35.1 Å². The number of aromatic nitrogens is 2. The van der Waals surface area contributed by atoms with Crippen molar-refractivity contribution in [3.63, 3.8) is 0 Å². The van der Waals surface area contributed by atoms with Crippen LogP contribution in [-0.4, -0.2) is 46.7 Å². The van der Waals surface area contributed by atoms with Gasteiger partial charge in [0.25, 0.3) is 0 Å². The number of carbonyl (C=O) groups is 1. The van der Waals surface area contributed by atoms with E-state index in [4.69, 9.17) is 16.3 Å². The summed E-state index contributed by atoms with van der Waals surface area (Å²) in [7, 11) is 0. The van der Waals surface area contributed by atoms with Gasteiger partial charge in [-0.2, -0.15) is 4.98 Å². The SMILES string of the molecule is CCOC(=O)N1CCC(Nc2ccnc(Nc3ccc(Cl)cc3)n2)CC1. The van der Waals surface area contributed by atoms with Gasteiger partial charge in [-0.3, -0.25) is 0 Å². The molecule has 7 nitrogen and oxygen atoms in total. The van der Waals surface area contributed by atoms with Gasteiger partial charge in [0.15, 0.2) is 0 Å². The van der Waals surface area contributed by atoms with Gasteiger partial charge in [0.2, 0.25) is 5.95 Å². The van der Waals surface area contributed by atoms with Crippen LogP contribution in [0.15, 0.2) is 36.5 Å². The Bertz CT molecular complexity index is 733. The molecule has 2 aromatic rings. The van der Waals surface area contributed by atoms with E-state index in [1.807, 2.05) is 37.3 Å². The highest BCUT2D eigenvalue weighted by atomic mass is 35.5. The molecule has 2 heterocycles. The lowest BCUT2D eigenvalue weighted by molar-refractivity contribution is 0.0983. The zero-order valence-electron chi connectivity index (χ0n) is 14.6. The Morgan fingerprint density at radius 3 is 2.69 bits per heavy atom. The Hall–Kier alpha value is -2.54. The third-order valence-corrected chi connectivity index (χ3v) is 4.38. The average Bonchev–Trinajstić information content (AvgIpc) is 2.65. The lowest BCUT2D eigenvalue weighted by atomic mass is 10.1. The maximum Gasteiger partial charge on any atom is 0.409 e. The highest BCUT2D eigenvalue weighted by Gasteiger charge is 2.23. The molecule has 1 aromatic heterocycles. The lowest BCUT2D eigenvalue weighted by Crippen LogP contribution is -2.42. The Morgan fingerprint density at radius 1 is 1.27 bits per heavy atom. The molecule has 1 fully saturated rings. The molecule has 26 heavy (non-hydrogen) atoms. The number of likely N-dealkylation sites (tertiary alicyclic amines) is 1. The van der Waals surface area contributed by atoms with Crippen LogP contribution in [-0.2, 0) is 4.74 Å². The molecule has 0 unspecified atom stereocenters. The Labute approximate surface area is 157 Å². The summed E-state index contributed by atoms with van der Waals surface area (Å²) >= 11 is 5.89. The lowest BCUT2D eigenvalue weighted by Gasteiger charge is -2.31. The summed E-state index contributed by atoms with van der Waals surface area (Å²) in [6.45, 7) is 3.58. The molecule has 0 bridgehead atoms. The van der Waals surface area contributed by atoms with Crippen molar-refractivity contribution in [1.82, 2.24) is 14.9 Å². The van der Waals surface area contributed by atoms with Crippen molar-refractivity contribution in [3.8, 4) is 0 Å². The summed E-state index contributed by atoms with van der Waals surface area (Å²) in [5, 5.41) is 7.25. The fourth-order valence-electron chi connectivity index (χ4n) is 2.79. The number of carbonyl (C=O) groups excluding carboxylic acids is 1. The highest BCUT2D eigenvalue weighted by Crippen LogP contribution is 2.19.